The largest absolute Gasteiger partial charge is 0.299 e. The third-order valence-electron chi connectivity index (χ3n) is 1.60. The van der Waals surface area contributed by atoms with Crippen molar-refractivity contribution in [3.63, 3.8) is 0 Å². The Balaban J connectivity index is 2.31. The average Bonchev–Trinajstić information content (AvgIpc) is 2.17. The second-order valence-corrected chi connectivity index (χ2v) is 4.93. The number of benzene rings is 1. The van der Waals surface area contributed by atoms with Gasteiger partial charge in [0.2, 0.25) is 5.53 Å². The Morgan fingerprint density at radius 3 is 2.69 bits per heavy atom. The monoisotopic (exact) mass is 194 g/mol. The van der Waals surface area contributed by atoms with E-state index in [-0.39, 0.29) is 5.53 Å². The van der Waals surface area contributed by atoms with E-state index in [0.717, 1.165) is 11.7 Å². The number of para-hydroxylation sites is 1. The summed E-state index contributed by atoms with van der Waals surface area (Å²) in [4.78, 5) is 11.1. The van der Waals surface area contributed by atoms with Crippen LogP contribution in [-0.2, 0) is 0 Å². The van der Waals surface area contributed by atoms with Gasteiger partial charge in [-0.2, -0.15) is 0 Å². The normalized spacial score (nSPS) is 10.2. The van der Waals surface area contributed by atoms with Crippen molar-refractivity contribution < 1.29 is 4.79 Å². The van der Waals surface area contributed by atoms with Gasteiger partial charge in [0.25, 0.3) is 0 Å². The molecule has 0 aliphatic rings. The lowest BCUT2D eigenvalue weighted by molar-refractivity contribution is 0.260. The molecule has 0 saturated carbocycles. The topological polar surface area (TPSA) is 41.1 Å². The molecular weight excluding hydrogens is 180 g/mol. The highest BCUT2D eigenvalue weighted by Crippen LogP contribution is 2.02. The summed E-state index contributed by atoms with van der Waals surface area (Å²) < 4.78 is 0. The van der Waals surface area contributed by atoms with E-state index in [4.69, 9.17) is 0 Å². The average molecular weight is 194 g/mol. The van der Waals surface area contributed by atoms with Crippen LogP contribution in [0.25, 0.3) is 0 Å². The van der Waals surface area contributed by atoms with Crippen LogP contribution in [-0.4, -0.2) is 15.1 Å². The molecule has 0 radical (unpaired) electrons. The third-order valence-corrected chi connectivity index (χ3v) is 2.73. The minimum atomic E-state index is -0.582. The first kappa shape index (κ1) is 9.79. The minimum absolute atomic E-state index is 0.159. The summed E-state index contributed by atoms with van der Waals surface area (Å²) in [5.74, 6) is 0. The number of amides is 1. The zero-order valence-electron chi connectivity index (χ0n) is 7.71. The predicted octanol–water partition coefficient (Wildman–Crippen LogP) is 1.33. The second-order valence-electron chi connectivity index (χ2n) is 2.79. The van der Waals surface area contributed by atoms with Gasteiger partial charge in [-0.25, -0.2) is 0 Å². The fourth-order valence-corrected chi connectivity index (χ4v) is 1.62. The van der Waals surface area contributed by atoms with Crippen molar-refractivity contribution in [2.45, 2.75) is 13.0 Å². The van der Waals surface area contributed by atoms with E-state index in [2.05, 4.69) is 10.9 Å². The maximum atomic E-state index is 11.1. The number of carbonyl (C=O) groups is 1. The maximum Gasteiger partial charge on any atom is 0.202 e. The lowest BCUT2D eigenvalue weighted by atomic mass is 10.3. The van der Waals surface area contributed by atoms with Crippen LogP contribution >= 0.6 is 0 Å². The van der Waals surface area contributed by atoms with Gasteiger partial charge in [-0.05, 0) is 12.1 Å². The van der Waals surface area contributed by atoms with Gasteiger partial charge in [0, 0.05) is 0 Å². The van der Waals surface area contributed by atoms with Crippen molar-refractivity contribution in [1.82, 2.24) is 5.43 Å². The maximum absolute atomic E-state index is 11.1. The third kappa shape index (κ3) is 3.75. The summed E-state index contributed by atoms with van der Waals surface area (Å²) in [6.45, 7) is 2.04. The van der Waals surface area contributed by atoms with E-state index in [1.807, 2.05) is 37.3 Å². The smallest absolute Gasteiger partial charge is 0.202 e. The molecule has 1 aromatic rings. The molecule has 0 aromatic heterocycles. The molecule has 0 fully saturated rings. The fraction of sp³-hybridized carbons (Fsp3) is 0.222. The summed E-state index contributed by atoms with van der Waals surface area (Å²) >= 11 is 0. The molecular formula is C9H14N2OSi. The number of nitrogens with one attached hydrogen (secondary N) is 2. The Morgan fingerprint density at radius 2 is 2.08 bits per heavy atom. The van der Waals surface area contributed by atoms with Crippen LogP contribution < -0.4 is 10.9 Å². The molecule has 0 atom stereocenters. The SMILES string of the molecule is CC[SiH2]C(=O)NNc1ccccc1. The zero-order chi connectivity index (χ0) is 9.52. The molecule has 4 heteroatoms. The second kappa shape index (κ2) is 5.37. The minimum Gasteiger partial charge on any atom is -0.299 e. The van der Waals surface area contributed by atoms with Gasteiger partial charge in [0.15, 0.2) is 0 Å². The highest BCUT2D eigenvalue weighted by molar-refractivity contribution is 6.73. The van der Waals surface area contributed by atoms with Crippen molar-refractivity contribution in [2.75, 3.05) is 5.43 Å². The lowest BCUT2D eigenvalue weighted by Gasteiger charge is -2.06. The highest BCUT2D eigenvalue weighted by atomic mass is 28.2. The van der Waals surface area contributed by atoms with E-state index < -0.39 is 9.52 Å². The zero-order valence-corrected chi connectivity index (χ0v) is 9.12. The summed E-state index contributed by atoms with van der Waals surface area (Å²) in [7, 11) is -0.582. The van der Waals surface area contributed by atoms with E-state index in [1.165, 1.54) is 0 Å². The Labute approximate surface area is 80.3 Å². The molecule has 0 spiro atoms. The van der Waals surface area contributed by atoms with Crippen LogP contribution in [0.15, 0.2) is 30.3 Å². The number of carbonyl (C=O) groups excluding carboxylic acids is 1. The number of hydrogen-bond donors (Lipinski definition) is 2. The first-order chi connectivity index (χ1) is 6.33. The molecule has 0 aliphatic carbocycles. The molecule has 1 aromatic carbocycles. The summed E-state index contributed by atoms with van der Waals surface area (Å²) in [5.41, 5.74) is 6.61. The van der Waals surface area contributed by atoms with E-state index in [0.29, 0.717) is 0 Å². The molecule has 0 bridgehead atoms. The standard InChI is InChI=1S/C9H14N2OSi/c1-2-13-9(12)11-10-8-6-4-3-5-7-8/h3-7,10H,2,13H2,1H3,(H,11,12). The van der Waals surface area contributed by atoms with Gasteiger partial charge in [0.05, 0.1) is 5.69 Å². The summed E-state index contributed by atoms with van der Waals surface area (Å²) in [5, 5.41) is 0. The molecule has 70 valence electrons. The lowest BCUT2D eigenvalue weighted by Crippen LogP contribution is -2.31. The number of rotatable bonds is 4. The van der Waals surface area contributed by atoms with Crippen molar-refractivity contribution in [2.24, 2.45) is 0 Å². The van der Waals surface area contributed by atoms with E-state index in [1.54, 1.807) is 0 Å². The van der Waals surface area contributed by atoms with Gasteiger partial charge < -0.3 is 0 Å². The summed E-state index contributed by atoms with van der Waals surface area (Å²) in [6.07, 6.45) is 0. The number of hydrogen-bond acceptors (Lipinski definition) is 2. The van der Waals surface area contributed by atoms with E-state index >= 15 is 0 Å². The molecule has 13 heavy (non-hydrogen) atoms. The predicted molar refractivity (Wildman–Crippen MR) is 57.6 cm³/mol. The molecule has 0 saturated heterocycles. The van der Waals surface area contributed by atoms with Crippen LogP contribution in [0.5, 0.6) is 0 Å². The van der Waals surface area contributed by atoms with Crippen molar-refractivity contribution in [1.29, 1.82) is 0 Å². The van der Waals surface area contributed by atoms with Gasteiger partial charge in [-0.1, -0.05) is 31.2 Å². The van der Waals surface area contributed by atoms with Gasteiger partial charge in [-0.3, -0.25) is 15.6 Å². The molecule has 1 amide bonds. The van der Waals surface area contributed by atoms with Gasteiger partial charge in [0.1, 0.15) is 9.52 Å². The Hall–Kier alpha value is -1.29. The van der Waals surface area contributed by atoms with Crippen molar-refractivity contribution in [3.8, 4) is 0 Å². The molecule has 0 unspecified atom stereocenters. The fourth-order valence-electron chi connectivity index (χ4n) is 0.953. The number of hydrazine groups is 1. The van der Waals surface area contributed by atoms with Crippen LogP contribution in [0.4, 0.5) is 10.5 Å². The molecule has 1 rings (SSSR count). The highest BCUT2D eigenvalue weighted by Gasteiger charge is 1.97. The Morgan fingerprint density at radius 1 is 1.38 bits per heavy atom. The number of anilines is 1. The molecule has 3 nitrogen and oxygen atoms in total. The molecule has 2 N–H and O–H groups in total. The van der Waals surface area contributed by atoms with Crippen molar-refractivity contribution >= 4 is 20.7 Å². The van der Waals surface area contributed by atoms with E-state index in [9.17, 15) is 4.79 Å². The Bertz CT molecular complexity index is 264. The molecule has 0 heterocycles. The van der Waals surface area contributed by atoms with Gasteiger partial charge in [-0.15, -0.1) is 0 Å². The van der Waals surface area contributed by atoms with Crippen LogP contribution in [0, 0.1) is 0 Å². The van der Waals surface area contributed by atoms with Crippen molar-refractivity contribution in [3.05, 3.63) is 30.3 Å². The Kier molecular flexibility index (Phi) is 4.04. The van der Waals surface area contributed by atoms with Gasteiger partial charge >= 0.3 is 0 Å². The quantitative estimate of drug-likeness (QED) is 0.561. The molecule has 0 aliphatic heterocycles. The summed E-state index contributed by atoms with van der Waals surface area (Å²) in [6, 6.07) is 10.6. The van der Waals surface area contributed by atoms with Crippen LogP contribution in [0.1, 0.15) is 6.92 Å². The first-order valence-corrected chi connectivity index (χ1v) is 6.13. The first-order valence-electron chi connectivity index (χ1n) is 4.43. The van der Waals surface area contributed by atoms with Crippen LogP contribution in [0.2, 0.25) is 6.04 Å². The van der Waals surface area contributed by atoms with Crippen LogP contribution in [0.3, 0.4) is 0 Å².